The van der Waals surface area contributed by atoms with Gasteiger partial charge in [0.1, 0.15) is 6.10 Å². The first-order valence-corrected chi connectivity index (χ1v) is 8.45. The standard InChI is InChI=1S/C14H9ClF7NO3S/c15-13(19,20)14(21,22)27(25)23-11(9-4-5-10(24)26-9)7-2-1-3-8(6-7)12(16,17)18/h1-6,9,11,23H/t9-,11-,27?/m1/s1. The van der Waals surface area contributed by atoms with Crippen LogP contribution in [0.1, 0.15) is 17.2 Å². The molecule has 4 nitrogen and oxygen atoms in total. The molecule has 2 rings (SSSR count). The number of esters is 1. The van der Waals surface area contributed by atoms with Crippen molar-refractivity contribution in [1.82, 2.24) is 4.72 Å². The summed E-state index contributed by atoms with van der Waals surface area (Å²) in [5.41, 5.74) is -1.56. The number of nitrogens with one attached hydrogen (secondary N) is 1. The maximum absolute atomic E-state index is 13.5. The third-order valence-corrected chi connectivity index (χ3v) is 4.91. The molecule has 0 amide bonds. The number of carbonyl (C=O) groups is 1. The molecule has 0 aromatic heterocycles. The van der Waals surface area contributed by atoms with Gasteiger partial charge in [0.2, 0.25) is 0 Å². The van der Waals surface area contributed by atoms with Crippen LogP contribution in [0, 0.1) is 0 Å². The van der Waals surface area contributed by atoms with E-state index in [-0.39, 0.29) is 5.56 Å². The number of benzene rings is 1. The van der Waals surface area contributed by atoms with Crippen molar-refractivity contribution in [2.24, 2.45) is 0 Å². The molecular weight excluding hydrogens is 431 g/mol. The molecule has 27 heavy (non-hydrogen) atoms. The first kappa shape index (κ1) is 21.6. The Bertz CT molecular complexity index is 779. The van der Waals surface area contributed by atoms with Gasteiger partial charge in [-0.25, -0.2) is 13.7 Å². The van der Waals surface area contributed by atoms with Gasteiger partial charge in [-0.3, -0.25) is 0 Å². The Labute approximate surface area is 154 Å². The number of hydrogen-bond acceptors (Lipinski definition) is 3. The average Bonchev–Trinajstić information content (AvgIpc) is 2.96. The van der Waals surface area contributed by atoms with Gasteiger partial charge in [-0.1, -0.05) is 12.1 Å². The van der Waals surface area contributed by atoms with Gasteiger partial charge >= 0.3 is 22.8 Å². The third-order valence-electron chi connectivity index (χ3n) is 3.37. The Kier molecular flexibility index (Phi) is 5.93. The predicted octanol–water partition coefficient (Wildman–Crippen LogP) is 3.91. The molecule has 0 saturated heterocycles. The quantitative estimate of drug-likeness (QED) is 0.415. The van der Waals surface area contributed by atoms with Crippen LogP contribution in [0.15, 0.2) is 36.4 Å². The van der Waals surface area contributed by atoms with Crippen LogP contribution in [0.2, 0.25) is 0 Å². The molecule has 150 valence electrons. The van der Waals surface area contributed by atoms with Crippen LogP contribution < -0.4 is 4.72 Å². The molecule has 0 radical (unpaired) electrons. The summed E-state index contributed by atoms with van der Waals surface area (Å²) in [4.78, 5) is 11.2. The lowest BCUT2D eigenvalue weighted by Crippen LogP contribution is -2.47. The molecule has 1 aliphatic rings. The van der Waals surface area contributed by atoms with E-state index in [9.17, 15) is 39.7 Å². The van der Waals surface area contributed by atoms with E-state index in [2.05, 4.69) is 11.6 Å². The van der Waals surface area contributed by atoms with Crippen LogP contribution in [0.4, 0.5) is 30.7 Å². The molecule has 3 atom stereocenters. The van der Waals surface area contributed by atoms with E-state index in [1.165, 1.54) is 0 Å². The molecule has 13 heteroatoms. The monoisotopic (exact) mass is 439 g/mol. The van der Waals surface area contributed by atoms with Crippen molar-refractivity contribution in [3.8, 4) is 0 Å². The molecule has 1 unspecified atom stereocenters. The molecule has 0 fully saturated rings. The Morgan fingerprint density at radius 3 is 2.26 bits per heavy atom. The molecular formula is C14H9ClF7NO3S. The normalized spacial score (nSPS) is 20.4. The highest BCUT2D eigenvalue weighted by atomic mass is 35.5. The summed E-state index contributed by atoms with van der Waals surface area (Å²) < 4.78 is 109. The van der Waals surface area contributed by atoms with Gasteiger partial charge in [0.25, 0.3) is 0 Å². The zero-order valence-corrected chi connectivity index (χ0v) is 14.3. The summed E-state index contributed by atoms with van der Waals surface area (Å²) >= 11 is 4.25. The Morgan fingerprint density at radius 1 is 1.15 bits per heavy atom. The molecule has 0 aliphatic carbocycles. The molecule has 0 spiro atoms. The van der Waals surface area contributed by atoms with E-state index in [0.717, 1.165) is 24.3 Å². The minimum absolute atomic E-state index is 0.379. The average molecular weight is 440 g/mol. The number of halogens is 8. The van der Waals surface area contributed by atoms with E-state index < -0.39 is 51.5 Å². The zero-order chi connectivity index (χ0) is 20.6. The fourth-order valence-corrected chi connectivity index (χ4v) is 3.16. The van der Waals surface area contributed by atoms with Gasteiger partial charge in [-0.05, 0) is 35.4 Å². The van der Waals surface area contributed by atoms with Gasteiger partial charge in [0.15, 0.2) is 11.0 Å². The van der Waals surface area contributed by atoms with Crippen LogP contribution in [0.3, 0.4) is 0 Å². The van der Waals surface area contributed by atoms with E-state index in [4.69, 9.17) is 4.74 Å². The van der Waals surface area contributed by atoms with E-state index in [1.54, 1.807) is 4.72 Å². The number of alkyl halides is 8. The second-order valence-corrected chi connectivity index (χ2v) is 7.02. The summed E-state index contributed by atoms with van der Waals surface area (Å²) in [7, 11) is -3.84. The van der Waals surface area contributed by atoms with Gasteiger partial charge in [0.05, 0.1) is 11.6 Å². The third kappa shape index (κ3) is 4.79. The smallest absolute Gasteiger partial charge is 0.416 e. The van der Waals surface area contributed by atoms with Gasteiger partial charge in [0, 0.05) is 6.08 Å². The topological polar surface area (TPSA) is 55.4 Å². The lowest BCUT2D eigenvalue weighted by atomic mass is 10.00. The molecule has 0 saturated carbocycles. The van der Waals surface area contributed by atoms with Gasteiger partial charge in [-0.15, -0.1) is 0 Å². The van der Waals surface area contributed by atoms with Crippen molar-refractivity contribution in [3.05, 3.63) is 47.5 Å². The molecule has 1 aromatic rings. The summed E-state index contributed by atoms with van der Waals surface area (Å²) in [5, 5.41) is -10.5. The minimum Gasteiger partial charge on any atom is -0.453 e. The fraction of sp³-hybridized carbons (Fsp3) is 0.357. The summed E-state index contributed by atoms with van der Waals surface area (Å²) in [5.74, 6) is -0.945. The predicted molar refractivity (Wildman–Crippen MR) is 80.2 cm³/mol. The molecule has 1 aliphatic heterocycles. The zero-order valence-electron chi connectivity index (χ0n) is 12.8. The Balaban J connectivity index is 2.41. The van der Waals surface area contributed by atoms with Crippen molar-refractivity contribution < 1.29 is 44.5 Å². The second-order valence-electron chi connectivity index (χ2n) is 5.26. The van der Waals surface area contributed by atoms with E-state index in [1.807, 2.05) is 0 Å². The minimum atomic E-state index is -5.26. The number of cyclic esters (lactones) is 1. The van der Waals surface area contributed by atoms with Crippen LogP contribution >= 0.6 is 11.6 Å². The largest absolute Gasteiger partial charge is 0.453 e. The van der Waals surface area contributed by atoms with Crippen LogP contribution in [-0.4, -0.2) is 26.9 Å². The van der Waals surface area contributed by atoms with Crippen molar-refractivity contribution in [1.29, 1.82) is 0 Å². The maximum atomic E-state index is 13.5. The van der Waals surface area contributed by atoms with Crippen molar-refractivity contribution >= 4 is 28.6 Å². The summed E-state index contributed by atoms with van der Waals surface area (Å²) in [6, 6.07) is 1.40. The first-order chi connectivity index (χ1) is 12.2. The van der Waals surface area contributed by atoms with E-state index >= 15 is 0 Å². The number of rotatable bonds is 6. The number of hydrogen-bond donors (Lipinski definition) is 1. The second kappa shape index (κ2) is 7.40. The number of carbonyl (C=O) groups excluding carboxylic acids is 1. The fourth-order valence-electron chi connectivity index (χ4n) is 2.09. The highest BCUT2D eigenvalue weighted by molar-refractivity contribution is 7.84. The van der Waals surface area contributed by atoms with E-state index in [0.29, 0.717) is 12.1 Å². The first-order valence-electron chi connectivity index (χ1n) is 6.92. The molecule has 1 aromatic carbocycles. The van der Waals surface area contributed by atoms with Crippen LogP contribution in [-0.2, 0) is 26.7 Å². The summed E-state index contributed by atoms with van der Waals surface area (Å²) in [6.07, 6.45) is -4.42. The lowest BCUT2D eigenvalue weighted by Gasteiger charge is -2.27. The van der Waals surface area contributed by atoms with Crippen molar-refractivity contribution in [2.45, 2.75) is 29.0 Å². The van der Waals surface area contributed by atoms with Crippen molar-refractivity contribution in [2.75, 3.05) is 0 Å². The lowest BCUT2D eigenvalue weighted by molar-refractivity contribution is -0.140. The Hall–Kier alpha value is -1.66. The molecule has 1 N–H and O–H groups in total. The molecule has 0 bridgehead atoms. The van der Waals surface area contributed by atoms with Crippen molar-refractivity contribution in [3.63, 3.8) is 0 Å². The van der Waals surface area contributed by atoms with Crippen LogP contribution in [0.5, 0.6) is 0 Å². The maximum Gasteiger partial charge on any atom is 0.416 e. The highest BCUT2D eigenvalue weighted by Gasteiger charge is 2.61. The van der Waals surface area contributed by atoms with Gasteiger partial charge < -0.3 is 4.74 Å². The SMILES string of the molecule is O=C1C=C[C@H]([C@H](NS(=O)C(F)(F)C(F)(F)Cl)c2cccc(C(F)(F)F)c2)O1. The molecule has 1 heterocycles. The van der Waals surface area contributed by atoms with Gasteiger partial charge in [-0.2, -0.15) is 30.7 Å². The highest BCUT2D eigenvalue weighted by Crippen LogP contribution is 2.41. The number of ether oxygens (including phenoxy) is 1. The Morgan fingerprint density at radius 2 is 1.78 bits per heavy atom. The van der Waals surface area contributed by atoms with Crippen LogP contribution in [0.25, 0.3) is 0 Å². The summed E-state index contributed by atoms with van der Waals surface area (Å²) in [6.45, 7) is 0.